The van der Waals surface area contributed by atoms with Crippen LogP contribution in [0.5, 0.6) is 0 Å². The van der Waals surface area contributed by atoms with E-state index < -0.39 is 28.6 Å². The lowest BCUT2D eigenvalue weighted by atomic mass is 10.0. The van der Waals surface area contributed by atoms with Crippen molar-refractivity contribution in [3.05, 3.63) is 55.8 Å². The molecule has 0 amide bonds. The Morgan fingerprint density at radius 2 is 1.84 bits per heavy atom. The maximum absolute atomic E-state index is 13.2. The third-order valence-corrected chi connectivity index (χ3v) is 5.16. The number of carbonyl (C=O) groups is 1. The Morgan fingerprint density at radius 3 is 2.40 bits per heavy atom. The number of halogens is 1. The number of carboxylic acid groups (broad SMARTS) is 1. The number of nitrogens with one attached hydrogen (secondary N) is 1. The molecule has 0 atom stereocenters. The number of rotatable bonds is 3. The lowest BCUT2D eigenvalue weighted by molar-refractivity contribution is -0.146. The van der Waals surface area contributed by atoms with Gasteiger partial charge in [0.15, 0.2) is 0 Å². The Kier molecular flexibility index (Phi) is 3.87. The highest BCUT2D eigenvalue weighted by Crippen LogP contribution is 2.35. The molecule has 2 aromatic heterocycles. The van der Waals surface area contributed by atoms with Gasteiger partial charge in [-0.2, -0.15) is 0 Å². The molecule has 0 saturated heterocycles. The van der Waals surface area contributed by atoms with E-state index in [9.17, 15) is 23.9 Å². The molecule has 2 heterocycles. The Hall–Kier alpha value is -2.74. The maximum Gasteiger partial charge on any atom is 0.330 e. The Bertz CT molecular complexity index is 1110. The highest BCUT2D eigenvalue weighted by molar-refractivity contribution is 7.19. The Balaban J connectivity index is 2.44. The smallest absolute Gasteiger partial charge is 0.330 e. The first-order chi connectivity index (χ1) is 11.6. The fourth-order valence-corrected chi connectivity index (χ4v) is 3.82. The molecule has 0 aliphatic heterocycles. The van der Waals surface area contributed by atoms with Crippen molar-refractivity contribution in [2.45, 2.75) is 26.3 Å². The van der Waals surface area contributed by atoms with Crippen LogP contribution >= 0.6 is 11.3 Å². The first-order valence-electron chi connectivity index (χ1n) is 7.43. The number of nitrogens with zero attached hydrogens (tertiary/aromatic N) is 1. The summed E-state index contributed by atoms with van der Waals surface area (Å²) >= 11 is 1.22. The molecule has 0 bridgehead atoms. The number of aryl methyl sites for hydroxylation is 1. The molecule has 3 aromatic rings. The van der Waals surface area contributed by atoms with Crippen molar-refractivity contribution in [1.82, 2.24) is 9.55 Å². The lowest BCUT2D eigenvalue weighted by Gasteiger charge is -2.21. The summed E-state index contributed by atoms with van der Waals surface area (Å²) in [5.41, 5.74) is -1.99. The van der Waals surface area contributed by atoms with E-state index >= 15 is 0 Å². The number of hydrogen-bond donors (Lipinski definition) is 2. The molecule has 25 heavy (non-hydrogen) atoms. The normalized spacial score (nSPS) is 11.8. The first kappa shape index (κ1) is 17.1. The number of H-pyrrole nitrogens is 1. The first-order valence-corrected chi connectivity index (χ1v) is 8.24. The van der Waals surface area contributed by atoms with E-state index in [0.29, 0.717) is 20.5 Å². The second-order valence-electron chi connectivity index (χ2n) is 6.18. The molecule has 0 fully saturated rings. The number of aliphatic carboxylic acids is 1. The molecule has 0 aliphatic carbocycles. The summed E-state index contributed by atoms with van der Waals surface area (Å²) in [6, 6.07) is 5.65. The molecule has 0 saturated carbocycles. The molecule has 130 valence electrons. The Morgan fingerprint density at radius 1 is 1.24 bits per heavy atom. The van der Waals surface area contributed by atoms with Crippen LogP contribution < -0.4 is 11.2 Å². The summed E-state index contributed by atoms with van der Waals surface area (Å²) in [5, 5.41) is 9.61. The minimum atomic E-state index is -1.71. The molecule has 3 rings (SSSR count). The average molecular weight is 362 g/mol. The fourth-order valence-electron chi connectivity index (χ4n) is 2.76. The van der Waals surface area contributed by atoms with Gasteiger partial charge in [-0.3, -0.25) is 9.78 Å². The summed E-state index contributed by atoms with van der Waals surface area (Å²) in [6.45, 7) is 4.36. The maximum atomic E-state index is 13.2. The lowest BCUT2D eigenvalue weighted by Crippen LogP contribution is -2.50. The third-order valence-electron chi connectivity index (χ3n) is 4.14. The average Bonchev–Trinajstić information content (AvgIpc) is 2.84. The van der Waals surface area contributed by atoms with E-state index in [2.05, 4.69) is 4.98 Å². The van der Waals surface area contributed by atoms with Crippen LogP contribution in [0, 0.1) is 12.7 Å². The highest BCUT2D eigenvalue weighted by Gasteiger charge is 2.34. The van der Waals surface area contributed by atoms with Crippen molar-refractivity contribution in [3.8, 4) is 11.1 Å². The van der Waals surface area contributed by atoms with Gasteiger partial charge >= 0.3 is 11.7 Å². The minimum Gasteiger partial charge on any atom is -0.480 e. The van der Waals surface area contributed by atoms with Crippen molar-refractivity contribution in [1.29, 1.82) is 0 Å². The van der Waals surface area contributed by atoms with Crippen LogP contribution in [-0.4, -0.2) is 20.6 Å². The van der Waals surface area contributed by atoms with E-state index in [0.717, 1.165) is 4.88 Å². The van der Waals surface area contributed by atoms with Gasteiger partial charge in [-0.25, -0.2) is 18.5 Å². The summed E-state index contributed by atoms with van der Waals surface area (Å²) in [6.07, 6.45) is 0. The number of fused-ring (bicyclic) bond motifs is 1. The van der Waals surface area contributed by atoms with Crippen LogP contribution in [0.15, 0.2) is 33.9 Å². The number of thiophene rings is 1. The van der Waals surface area contributed by atoms with Crippen LogP contribution in [0.1, 0.15) is 18.7 Å². The van der Waals surface area contributed by atoms with E-state index in [4.69, 9.17) is 0 Å². The predicted octanol–water partition coefficient (Wildman–Crippen LogP) is 2.69. The topological polar surface area (TPSA) is 92.2 Å². The summed E-state index contributed by atoms with van der Waals surface area (Å²) in [5.74, 6) is -1.70. The number of hydrogen-bond acceptors (Lipinski definition) is 4. The molecule has 0 unspecified atom stereocenters. The van der Waals surface area contributed by atoms with Crippen molar-refractivity contribution in [3.63, 3.8) is 0 Å². The molecule has 0 spiro atoms. The molecule has 6 nitrogen and oxygen atoms in total. The van der Waals surface area contributed by atoms with E-state index in [1.807, 2.05) is 0 Å². The zero-order valence-corrected chi connectivity index (χ0v) is 14.5. The molecule has 0 aliphatic rings. The Labute approximate surface area is 145 Å². The largest absolute Gasteiger partial charge is 0.480 e. The van der Waals surface area contributed by atoms with Gasteiger partial charge in [-0.1, -0.05) is 12.1 Å². The van der Waals surface area contributed by atoms with Crippen LogP contribution in [0.4, 0.5) is 4.39 Å². The number of aromatic nitrogens is 2. The van der Waals surface area contributed by atoms with Gasteiger partial charge in [0.2, 0.25) is 0 Å². The van der Waals surface area contributed by atoms with Crippen LogP contribution in [0.3, 0.4) is 0 Å². The fraction of sp³-hybridized carbons (Fsp3) is 0.235. The molecule has 8 heteroatoms. The van der Waals surface area contributed by atoms with E-state index in [1.54, 1.807) is 19.1 Å². The van der Waals surface area contributed by atoms with Gasteiger partial charge in [0.1, 0.15) is 16.2 Å². The second kappa shape index (κ2) is 5.66. The van der Waals surface area contributed by atoms with Crippen molar-refractivity contribution in [2.75, 3.05) is 0 Å². The number of carboxylic acids is 1. The summed E-state index contributed by atoms with van der Waals surface area (Å²) < 4.78 is 13.9. The SMILES string of the molecule is Cc1sc2[nH]c(=O)n(C(C)(C)C(=O)O)c(=O)c2c1-c1ccc(F)cc1. The van der Waals surface area contributed by atoms with Gasteiger partial charge < -0.3 is 5.11 Å². The van der Waals surface area contributed by atoms with Crippen molar-refractivity contribution >= 4 is 27.5 Å². The number of benzene rings is 1. The zero-order valence-electron chi connectivity index (χ0n) is 13.7. The van der Waals surface area contributed by atoms with Gasteiger partial charge in [0.25, 0.3) is 5.56 Å². The minimum absolute atomic E-state index is 0.225. The molecule has 2 N–H and O–H groups in total. The molecular weight excluding hydrogens is 347 g/mol. The third kappa shape index (κ3) is 2.58. The quantitative estimate of drug-likeness (QED) is 0.749. The van der Waals surface area contributed by atoms with Crippen LogP contribution in [0.2, 0.25) is 0 Å². The molecular formula is C17H15FN2O4S. The highest BCUT2D eigenvalue weighted by atomic mass is 32.1. The standard InChI is InChI=1S/C17H15FN2O4S/c1-8-11(9-4-6-10(18)7-5-9)12-13(25-8)19-16(24)20(14(12)21)17(2,3)15(22)23/h4-7H,1-3H3,(H,19,24)(H,22,23). The van der Waals surface area contributed by atoms with Crippen molar-refractivity contribution in [2.24, 2.45) is 0 Å². The predicted molar refractivity (Wildman–Crippen MR) is 93.8 cm³/mol. The molecule has 0 radical (unpaired) electrons. The zero-order chi connectivity index (χ0) is 18.5. The van der Waals surface area contributed by atoms with Gasteiger partial charge in [0.05, 0.1) is 5.39 Å². The summed E-state index contributed by atoms with van der Waals surface area (Å²) in [4.78, 5) is 40.5. The van der Waals surface area contributed by atoms with Gasteiger partial charge in [-0.15, -0.1) is 11.3 Å². The van der Waals surface area contributed by atoms with Gasteiger partial charge in [-0.05, 0) is 38.5 Å². The summed E-state index contributed by atoms with van der Waals surface area (Å²) in [7, 11) is 0. The monoisotopic (exact) mass is 362 g/mol. The van der Waals surface area contributed by atoms with Crippen LogP contribution in [0.25, 0.3) is 21.3 Å². The molecule has 1 aromatic carbocycles. The van der Waals surface area contributed by atoms with Gasteiger partial charge in [0, 0.05) is 10.4 Å². The van der Waals surface area contributed by atoms with E-state index in [1.165, 1.54) is 37.3 Å². The van der Waals surface area contributed by atoms with Crippen molar-refractivity contribution < 1.29 is 14.3 Å². The van der Waals surface area contributed by atoms with E-state index in [-0.39, 0.29) is 5.39 Å². The second-order valence-corrected chi connectivity index (χ2v) is 7.40. The number of aromatic amines is 1. The van der Waals surface area contributed by atoms with Crippen LogP contribution in [-0.2, 0) is 10.3 Å².